The molecule has 1 atom stereocenters. The standard InChI is InChI=1S/C18H26N2O3/c21-16-7-5-15(6-8-16)12-19(13-17-4-3-11-23-17)14-18(22)20-9-1-2-10-20/h5-8,17,21H,1-4,9-14H2. The van der Waals surface area contributed by atoms with Crippen molar-refractivity contribution in [2.45, 2.75) is 38.3 Å². The highest BCUT2D eigenvalue weighted by atomic mass is 16.5. The Balaban J connectivity index is 1.62. The molecule has 1 unspecified atom stereocenters. The van der Waals surface area contributed by atoms with Crippen LogP contribution >= 0.6 is 0 Å². The summed E-state index contributed by atoms with van der Waals surface area (Å²) in [5, 5.41) is 9.42. The second-order valence-corrected chi connectivity index (χ2v) is 6.56. The summed E-state index contributed by atoms with van der Waals surface area (Å²) in [6, 6.07) is 7.22. The summed E-state index contributed by atoms with van der Waals surface area (Å²) in [5.74, 6) is 0.492. The average molecular weight is 318 g/mol. The van der Waals surface area contributed by atoms with Crippen molar-refractivity contribution in [1.82, 2.24) is 9.80 Å². The molecule has 0 radical (unpaired) electrons. The van der Waals surface area contributed by atoms with E-state index >= 15 is 0 Å². The molecule has 3 rings (SSSR count). The van der Waals surface area contributed by atoms with E-state index in [1.165, 1.54) is 0 Å². The van der Waals surface area contributed by atoms with E-state index in [2.05, 4.69) is 4.90 Å². The number of amides is 1. The number of carbonyl (C=O) groups is 1. The molecule has 2 heterocycles. The first kappa shape index (κ1) is 16.3. The topological polar surface area (TPSA) is 53.0 Å². The first-order chi connectivity index (χ1) is 11.2. The third-order valence-corrected chi connectivity index (χ3v) is 4.65. The van der Waals surface area contributed by atoms with E-state index in [9.17, 15) is 9.90 Å². The minimum Gasteiger partial charge on any atom is -0.508 e. The van der Waals surface area contributed by atoms with Gasteiger partial charge in [0, 0.05) is 32.8 Å². The van der Waals surface area contributed by atoms with Crippen LogP contribution in [0, 0.1) is 0 Å². The fourth-order valence-electron chi connectivity index (χ4n) is 3.38. The number of nitrogens with zero attached hydrogens (tertiary/aromatic N) is 2. The number of phenolic OH excluding ortho intramolecular Hbond substituents is 1. The van der Waals surface area contributed by atoms with E-state index in [0.29, 0.717) is 13.1 Å². The second-order valence-electron chi connectivity index (χ2n) is 6.56. The summed E-state index contributed by atoms with van der Waals surface area (Å²) in [5.41, 5.74) is 1.11. The minimum atomic E-state index is 0.222. The van der Waals surface area contributed by atoms with Gasteiger partial charge in [-0.1, -0.05) is 12.1 Å². The molecule has 0 saturated carbocycles. The van der Waals surface area contributed by atoms with Gasteiger partial charge in [-0.3, -0.25) is 9.69 Å². The summed E-state index contributed by atoms with van der Waals surface area (Å²) in [6.07, 6.45) is 4.66. The number of likely N-dealkylation sites (tertiary alicyclic amines) is 1. The molecule has 126 valence electrons. The van der Waals surface area contributed by atoms with Crippen molar-refractivity contribution in [1.29, 1.82) is 0 Å². The lowest BCUT2D eigenvalue weighted by atomic mass is 10.1. The third-order valence-electron chi connectivity index (χ3n) is 4.65. The predicted molar refractivity (Wildman–Crippen MR) is 88.2 cm³/mol. The molecule has 5 heteroatoms. The van der Waals surface area contributed by atoms with Crippen molar-refractivity contribution >= 4 is 5.91 Å². The fraction of sp³-hybridized carbons (Fsp3) is 0.611. The van der Waals surface area contributed by atoms with Crippen LogP contribution in [0.4, 0.5) is 0 Å². The SMILES string of the molecule is O=C(CN(Cc1ccc(O)cc1)CC1CCCO1)N1CCCC1. The van der Waals surface area contributed by atoms with Crippen LogP contribution in [0.2, 0.25) is 0 Å². The fourth-order valence-corrected chi connectivity index (χ4v) is 3.38. The van der Waals surface area contributed by atoms with E-state index in [1.807, 2.05) is 17.0 Å². The van der Waals surface area contributed by atoms with Gasteiger partial charge in [0.2, 0.25) is 5.91 Å². The molecule has 1 aromatic rings. The van der Waals surface area contributed by atoms with Gasteiger partial charge in [-0.05, 0) is 43.4 Å². The highest BCUT2D eigenvalue weighted by Gasteiger charge is 2.24. The smallest absolute Gasteiger partial charge is 0.236 e. The van der Waals surface area contributed by atoms with Gasteiger partial charge in [-0.2, -0.15) is 0 Å². The number of hydrogen-bond acceptors (Lipinski definition) is 4. The molecular formula is C18H26N2O3. The molecule has 2 aliphatic heterocycles. The maximum atomic E-state index is 12.5. The van der Waals surface area contributed by atoms with E-state index < -0.39 is 0 Å². The summed E-state index contributed by atoms with van der Waals surface area (Å²) in [7, 11) is 0. The third kappa shape index (κ3) is 4.69. The molecular weight excluding hydrogens is 292 g/mol. The lowest BCUT2D eigenvalue weighted by molar-refractivity contribution is -0.131. The van der Waals surface area contributed by atoms with Gasteiger partial charge >= 0.3 is 0 Å². The van der Waals surface area contributed by atoms with E-state index in [-0.39, 0.29) is 17.8 Å². The molecule has 1 aromatic carbocycles. The summed E-state index contributed by atoms with van der Waals surface area (Å²) in [6.45, 7) is 4.57. The Kier molecular flexibility index (Phi) is 5.51. The molecule has 2 aliphatic rings. The normalized spacial score (nSPS) is 21.3. The van der Waals surface area contributed by atoms with Crippen LogP contribution in [-0.2, 0) is 16.1 Å². The van der Waals surface area contributed by atoms with Gasteiger partial charge in [-0.15, -0.1) is 0 Å². The van der Waals surface area contributed by atoms with Crippen LogP contribution in [-0.4, -0.2) is 59.7 Å². The number of phenols is 1. The van der Waals surface area contributed by atoms with Crippen molar-refractivity contribution < 1.29 is 14.6 Å². The minimum absolute atomic E-state index is 0.222. The Morgan fingerprint density at radius 3 is 2.61 bits per heavy atom. The number of rotatable bonds is 6. The summed E-state index contributed by atoms with van der Waals surface area (Å²) >= 11 is 0. The zero-order valence-electron chi connectivity index (χ0n) is 13.6. The van der Waals surface area contributed by atoms with Gasteiger partial charge in [0.05, 0.1) is 12.6 Å². The van der Waals surface area contributed by atoms with Crippen molar-refractivity contribution in [2.24, 2.45) is 0 Å². The Hall–Kier alpha value is -1.59. The van der Waals surface area contributed by atoms with Crippen molar-refractivity contribution in [3.8, 4) is 5.75 Å². The van der Waals surface area contributed by atoms with Crippen LogP contribution in [0.25, 0.3) is 0 Å². The molecule has 0 aromatic heterocycles. The zero-order chi connectivity index (χ0) is 16.1. The van der Waals surface area contributed by atoms with Gasteiger partial charge < -0.3 is 14.7 Å². The molecule has 2 fully saturated rings. The van der Waals surface area contributed by atoms with Crippen LogP contribution in [0.3, 0.4) is 0 Å². The Bertz CT molecular complexity index is 506. The van der Waals surface area contributed by atoms with Crippen LogP contribution < -0.4 is 0 Å². The van der Waals surface area contributed by atoms with Crippen molar-refractivity contribution in [3.05, 3.63) is 29.8 Å². The van der Waals surface area contributed by atoms with Gasteiger partial charge in [0.25, 0.3) is 0 Å². The monoisotopic (exact) mass is 318 g/mol. The van der Waals surface area contributed by atoms with Gasteiger partial charge in [0.15, 0.2) is 0 Å². The van der Waals surface area contributed by atoms with E-state index in [1.54, 1.807) is 12.1 Å². The van der Waals surface area contributed by atoms with Crippen LogP contribution in [0.5, 0.6) is 5.75 Å². The molecule has 0 bridgehead atoms. The number of benzene rings is 1. The summed E-state index contributed by atoms with van der Waals surface area (Å²) in [4.78, 5) is 16.6. The Labute approximate surface area is 137 Å². The highest BCUT2D eigenvalue weighted by molar-refractivity contribution is 5.78. The molecule has 0 aliphatic carbocycles. The first-order valence-corrected chi connectivity index (χ1v) is 8.60. The van der Waals surface area contributed by atoms with Crippen molar-refractivity contribution in [2.75, 3.05) is 32.8 Å². The highest BCUT2D eigenvalue weighted by Crippen LogP contribution is 2.17. The molecule has 1 amide bonds. The number of aromatic hydroxyl groups is 1. The second kappa shape index (κ2) is 7.79. The molecule has 0 spiro atoms. The van der Waals surface area contributed by atoms with E-state index in [4.69, 9.17) is 4.74 Å². The largest absolute Gasteiger partial charge is 0.508 e. The van der Waals surface area contributed by atoms with E-state index in [0.717, 1.165) is 57.5 Å². The lowest BCUT2D eigenvalue weighted by Crippen LogP contribution is -2.41. The maximum Gasteiger partial charge on any atom is 0.236 e. The lowest BCUT2D eigenvalue weighted by Gasteiger charge is -2.27. The predicted octanol–water partition coefficient (Wildman–Crippen LogP) is 2.00. The first-order valence-electron chi connectivity index (χ1n) is 8.60. The van der Waals surface area contributed by atoms with Crippen LogP contribution in [0.1, 0.15) is 31.2 Å². The molecule has 2 saturated heterocycles. The average Bonchev–Trinajstić information content (AvgIpc) is 3.22. The number of carbonyl (C=O) groups excluding carboxylic acids is 1. The molecule has 5 nitrogen and oxygen atoms in total. The quantitative estimate of drug-likeness (QED) is 0.871. The van der Waals surface area contributed by atoms with Gasteiger partial charge in [-0.25, -0.2) is 0 Å². The molecule has 1 N–H and O–H groups in total. The number of hydrogen-bond donors (Lipinski definition) is 1. The number of ether oxygens (including phenoxy) is 1. The zero-order valence-corrected chi connectivity index (χ0v) is 13.6. The van der Waals surface area contributed by atoms with Crippen molar-refractivity contribution in [3.63, 3.8) is 0 Å². The molecule has 23 heavy (non-hydrogen) atoms. The maximum absolute atomic E-state index is 12.5. The van der Waals surface area contributed by atoms with Crippen LogP contribution in [0.15, 0.2) is 24.3 Å². The Morgan fingerprint density at radius 2 is 1.96 bits per heavy atom. The Morgan fingerprint density at radius 1 is 1.22 bits per heavy atom. The summed E-state index contributed by atoms with van der Waals surface area (Å²) < 4.78 is 5.74. The van der Waals surface area contributed by atoms with Gasteiger partial charge in [0.1, 0.15) is 5.75 Å².